The molecule has 0 saturated carbocycles. The molecular formula is C25H45NO3S2. The SMILES string of the molecule is C/C=C/C(C)(C)C.C=CS(=O)(=O)CC(C)C.CC.CC(C)(C)C(=O)Sc1ccccn1. The molecule has 0 amide bonds. The first-order chi connectivity index (χ1) is 14.0. The van der Waals surface area contributed by atoms with Crippen molar-refractivity contribution >= 4 is 26.7 Å². The maximum absolute atomic E-state index is 11.6. The number of hydrogen-bond donors (Lipinski definition) is 0. The molecule has 0 N–H and O–H groups in total. The number of hydrogen-bond acceptors (Lipinski definition) is 5. The Morgan fingerprint density at radius 3 is 1.87 bits per heavy atom. The molecule has 0 aliphatic heterocycles. The van der Waals surface area contributed by atoms with Gasteiger partial charge in [0.2, 0.25) is 0 Å². The number of thioether (sulfide) groups is 1. The number of carbonyl (C=O) groups excluding carboxylic acids is 1. The maximum atomic E-state index is 11.6. The fourth-order valence-corrected chi connectivity index (χ4v) is 3.51. The lowest BCUT2D eigenvalue weighted by Crippen LogP contribution is -2.16. The largest absolute Gasteiger partial charge is 0.286 e. The lowest BCUT2D eigenvalue weighted by atomic mass is 9.97. The predicted octanol–water partition coefficient (Wildman–Crippen LogP) is 7.58. The predicted molar refractivity (Wildman–Crippen MR) is 139 cm³/mol. The van der Waals surface area contributed by atoms with E-state index in [1.54, 1.807) is 6.20 Å². The molecule has 0 atom stereocenters. The molecule has 180 valence electrons. The van der Waals surface area contributed by atoms with E-state index in [1.165, 1.54) is 11.8 Å². The summed E-state index contributed by atoms with van der Waals surface area (Å²) < 4.78 is 21.4. The first kappa shape index (κ1) is 34.2. The van der Waals surface area contributed by atoms with Gasteiger partial charge in [-0.15, -0.1) is 0 Å². The molecule has 0 spiro atoms. The third-order valence-electron chi connectivity index (χ3n) is 2.93. The van der Waals surface area contributed by atoms with Crippen LogP contribution in [-0.2, 0) is 14.6 Å². The minimum atomic E-state index is -2.95. The van der Waals surface area contributed by atoms with Gasteiger partial charge in [-0.05, 0) is 42.2 Å². The Bertz CT molecular complexity index is 724. The summed E-state index contributed by atoms with van der Waals surface area (Å²) in [5.74, 6) is 0.393. The number of allylic oxidation sites excluding steroid dienone is 2. The van der Waals surface area contributed by atoms with E-state index in [2.05, 4.69) is 44.5 Å². The summed E-state index contributed by atoms with van der Waals surface area (Å²) in [5, 5.41) is 1.92. The first-order valence-corrected chi connectivity index (χ1v) is 13.2. The van der Waals surface area contributed by atoms with Gasteiger partial charge in [-0.2, -0.15) is 0 Å². The second-order valence-electron chi connectivity index (χ2n) is 9.06. The molecule has 1 aromatic rings. The molecule has 0 fully saturated rings. The molecule has 0 saturated heterocycles. The summed E-state index contributed by atoms with van der Waals surface area (Å²) in [4.78, 5) is 15.6. The van der Waals surface area contributed by atoms with Crippen molar-refractivity contribution in [1.29, 1.82) is 0 Å². The summed E-state index contributed by atoms with van der Waals surface area (Å²) in [7, 11) is -2.95. The molecular weight excluding hydrogens is 426 g/mol. The second kappa shape index (κ2) is 17.2. The van der Waals surface area contributed by atoms with Crippen LogP contribution in [0.3, 0.4) is 0 Å². The molecule has 1 heterocycles. The maximum Gasteiger partial charge on any atom is 0.200 e. The Balaban J connectivity index is -0.000000384. The van der Waals surface area contributed by atoms with Gasteiger partial charge < -0.3 is 0 Å². The van der Waals surface area contributed by atoms with Crippen LogP contribution in [0.25, 0.3) is 0 Å². The Morgan fingerprint density at radius 1 is 1.13 bits per heavy atom. The average Bonchev–Trinajstić information content (AvgIpc) is 2.62. The lowest BCUT2D eigenvalue weighted by Gasteiger charge is -2.14. The smallest absolute Gasteiger partial charge is 0.200 e. The highest BCUT2D eigenvalue weighted by molar-refractivity contribution is 8.13. The van der Waals surface area contributed by atoms with Gasteiger partial charge in [0.15, 0.2) is 15.0 Å². The van der Waals surface area contributed by atoms with E-state index in [0.29, 0.717) is 5.41 Å². The van der Waals surface area contributed by atoms with E-state index in [1.807, 2.05) is 73.6 Å². The van der Waals surface area contributed by atoms with Crippen molar-refractivity contribution in [3.05, 3.63) is 48.5 Å². The van der Waals surface area contributed by atoms with Crippen LogP contribution in [0.2, 0.25) is 0 Å². The Hall–Kier alpha value is -1.40. The molecule has 0 unspecified atom stereocenters. The summed E-state index contributed by atoms with van der Waals surface area (Å²) in [6.45, 7) is 25.3. The van der Waals surface area contributed by atoms with Crippen molar-refractivity contribution in [3.8, 4) is 0 Å². The van der Waals surface area contributed by atoms with Crippen LogP contribution in [0.1, 0.15) is 76.2 Å². The summed E-state index contributed by atoms with van der Waals surface area (Å²) in [6.07, 6.45) is 5.96. The van der Waals surface area contributed by atoms with Crippen LogP contribution in [0, 0.1) is 16.7 Å². The van der Waals surface area contributed by atoms with Crippen LogP contribution in [0.15, 0.2) is 53.6 Å². The van der Waals surface area contributed by atoms with Gasteiger partial charge in [-0.1, -0.05) is 94.0 Å². The number of nitrogens with zero attached hydrogens (tertiary/aromatic N) is 1. The van der Waals surface area contributed by atoms with Gasteiger partial charge in [0.1, 0.15) is 5.03 Å². The van der Waals surface area contributed by atoms with Crippen molar-refractivity contribution in [1.82, 2.24) is 4.98 Å². The number of aromatic nitrogens is 1. The van der Waals surface area contributed by atoms with Gasteiger partial charge in [0, 0.05) is 17.0 Å². The quantitative estimate of drug-likeness (QED) is 0.334. The van der Waals surface area contributed by atoms with Crippen LogP contribution in [0.5, 0.6) is 0 Å². The van der Waals surface area contributed by atoms with E-state index in [4.69, 9.17) is 0 Å². The van der Waals surface area contributed by atoms with Gasteiger partial charge >= 0.3 is 0 Å². The second-order valence-corrected chi connectivity index (χ2v) is 12.0. The Morgan fingerprint density at radius 2 is 1.65 bits per heavy atom. The van der Waals surface area contributed by atoms with E-state index < -0.39 is 9.84 Å². The van der Waals surface area contributed by atoms with Gasteiger partial charge in [-0.3, -0.25) is 4.79 Å². The standard InChI is InChI=1S/C10H13NOS.C7H14.C6H12O2S.C2H6/c1-10(2,3)9(12)13-8-6-4-5-7-11-8;1-5-6-7(2,3)4;1-4-9(7,8)5-6(2)3;1-2/h4-7H,1-3H3;5-6H,1-4H3;4,6H,1,5H2,2-3H3;1-2H3/b;6-5+;;. The minimum absolute atomic E-state index is 0.145. The van der Waals surface area contributed by atoms with Crippen LogP contribution < -0.4 is 0 Å². The van der Waals surface area contributed by atoms with E-state index in [9.17, 15) is 13.2 Å². The first-order valence-electron chi connectivity index (χ1n) is 10.7. The number of sulfone groups is 1. The summed E-state index contributed by atoms with van der Waals surface area (Å²) in [5.41, 5.74) is 0.0664. The topological polar surface area (TPSA) is 64.1 Å². The Labute approximate surface area is 196 Å². The third kappa shape index (κ3) is 24.7. The molecule has 4 nitrogen and oxygen atoms in total. The fraction of sp³-hybridized carbons (Fsp3) is 0.600. The van der Waals surface area contributed by atoms with Crippen molar-refractivity contribution < 1.29 is 13.2 Å². The summed E-state index contributed by atoms with van der Waals surface area (Å²) in [6, 6.07) is 5.56. The van der Waals surface area contributed by atoms with Crippen LogP contribution in [0.4, 0.5) is 0 Å². The van der Waals surface area contributed by atoms with Crippen molar-refractivity contribution in [2.75, 3.05) is 5.75 Å². The number of carbonyl (C=O) groups is 1. The molecule has 0 aliphatic carbocycles. The van der Waals surface area contributed by atoms with Crippen LogP contribution >= 0.6 is 11.8 Å². The van der Waals surface area contributed by atoms with Gasteiger partial charge in [0.05, 0.1) is 5.75 Å². The van der Waals surface area contributed by atoms with Crippen molar-refractivity contribution in [2.24, 2.45) is 16.7 Å². The highest BCUT2D eigenvalue weighted by Gasteiger charge is 2.22. The average molecular weight is 472 g/mol. The normalized spacial score (nSPS) is 11.4. The van der Waals surface area contributed by atoms with Gasteiger partial charge in [-0.25, -0.2) is 13.4 Å². The molecule has 31 heavy (non-hydrogen) atoms. The zero-order valence-corrected chi connectivity index (χ0v) is 23.2. The highest BCUT2D eigenvalue weighted by Crippen LogP contribution is 2.27. The molecule has 0 bridgehead atoms. The molecule has 0 radical (unpaired) electrons. The van der Waals surface area contributed by atoms with E-state index in [0.717, 1.165) is 10.4 Å². The zero-order chi connectivity index (χ0) is 25.3. The third-order valence-corrected chi connectivity index (χ3v) is 5.82. The lowest BCUT2D eigenvalue weighted by molar-refractivity contribution is -0.117. The van der Waals surface area contributed by atoms with E-state index >= 15 is 0 Å². The van der Waals surface area contributed by atoms with Gasteiger partial charge in [0.25, 0.3) is 0 Å². The number of rotatable bonds is 4. The van der Waals surface area contributed by atoms with E-state index in [-0.39, 0.29) is 22.2 Å². The van der Waals surface area contributed by atoms with Crippen molar-refractivity contribution in [3.63, 3.8) is 0 Å². The fourth-order valence-electron chi connectivity index (χ4n) is 1.69. The zero-order valence-electron chi connectivity index (χ0n) is 21.5. The number of pyridine rings is 1. The minimum Gasteiger partial charge on any atom is -0.286 e. The highest BCUT2D eigenvalue weighted by atomic mass is 32.2. The Kier molecular flexibility index (Phi) is 19.0. The molecule has 0 aromatic carbocycles. The monoisotopic (exact) mass is 471 g/mol. The van der Waals surface area contributed by atoms with Crippen molar-refractivity contribution in [2.45, 2.75) is 81.2 Å². The summed E-state index contributed by atoms with van der Waals surface area (Å²) >= 11 is 1.20. The molecule has 1 aromatic heterocycles. The molecule has 0 aliphatic rings. The molecule has 6 heteroatoms. The van der Waals surface area contributed by atoms with Crippen LogP contribution in [-0.4, -0.2) is 24.3 Å². The molecule has 1 rings (SSSR count).